The summed E-state index contributed by atoms with van der Waals surface area (Å²) in [6.45, 7) is 0. The minimum atomic E-state index is 1.21. The van der Waals surface area contributed by atoms with Crippen LogP contribution in [0.1, 0.15) is 22.3 Å². The predicted molar refractivity (Wildman–Crippen MR) is 156 cm³/mol. The van der Waals surface area contributed by atoms with E-state index in [0.717, 1.165) is 0 Å². The Balaban J connectivity index is 1.62. The maximum atomic E-state index is 2.34. The molecule has 0 aliphatic heterocycles. The van der Waals surface area contributed by atoms with Gasteiger partial charge < -0.3 is 0 Å². The predicted octanol–water partition coefficient (Wildman–Crippen LogP) is 9.78. The number of hydrogen-bond donors (Lipinski definition) is 0. The van der Waals surface area contributed by atoms with Gasteiger partial charge in [0, 0.05) is 9.79 Å². The summed E-state index contributed by atoms with van der Waals surface area (Å²) in [6, 6.07) is 34.7. The molecule has 0 unspecified atom stereocenters. The van der Waals surface area contributed by atoms with Crippen LogP contribution in [0, 0.1) is 0 Å². The molecule has 34 heavy (non-hydrogen) atoms. The molecule has 0 N–H and O–H groups in total. The molecule has 166 valence electrons. The van der Waals surface area contributed by atoms with Gasteiger partial charge in [0.1, 0.15) is 0 Å². The van der Waals surface area contributed by atoms with E-state index in [1.54, 1.807) is 0 Å². The average Bonchev–Trinajstić information content (AvgIpc) is 2.90. The van der Waals surface area contributed by atoms with E-state index >= 15 is 0 Å². The highest BCUT2D eigenvalue weighted by molar-refractivity contribution is 7.99. The van der Waals surface area contributed by atoms with Crippen molar-refractivity contribution in [3.63, 3.8) is 0 Å². The summed E-state index contributed by atoms with van der Waals surface area (Å²) in [5.41, 5.74) is 4.88. The molecular formula is C32H26S2. The van der Waals surface area contributed by atoms with Crippen LogP contribution < -0.4 is 0 Å². The fraction of sp³-hybridized carbons (Fsp3) is 0.0625. The lowest BCUT2D eigenvalue weighted by Crippen LogP contribution is -1.89. The van der Waals surface area contributed by atoms with E-state index in [-0.39, 0.29) is 0 Å². The van der Waals surface area contributed by atoms with Crippen molar-refractivity contribution in [3.8, 4) is 0 Å². The molecule has 0 aromatic heterocycles. The number of rotatable bonds is 6. The van der Waals surface area contributed by atoms with Gasteiger partial charge in [0.15, 0.2) is 0 Å². The molecule has 0 fully saturated rings. The van der Waals surface area contributed by atoms with Gasteiger partial charge in [-0.1, -0.05) is 109 Å². The molecule has 5 aromatic rings. The van der Waals surface area contributed by atoms with Gasteiger partial charge in [-0.25, -0.2) is 0 Å². The summed E-state index contributed by atoms with van der Waals surface area (Å²) >= 11 is 3.67. The van der Waals surface area contributed by atoms with E-state index < -0.39 is 0 Å². The van der Waals surface area contributed by atoms with Crippen LogP contribution in [0.4, 0.5) is 0 Å². The summed E-state index contributed by atoms with van der Waals surface area (Å²) < 4.78 is 0. The van der Waals surface area contributed by atoms with Crippen LogP contribution in [0.2, 0.25) is 0 Å². The van der Waals surface area contributed by atoms with Crippen molar-refractivity contribution in [3.05, 3.63) is 119 Å². The minimum absolute atomic E-state index is 1.21. The highest BCUT2D eigenvalue weighted by atomic mass is 32.2. The van der Waals surface area contributed by atoms with Gasteiger partial charge in [-0.3, -0.25) is 0 Å². The fourth-order valence-corrected chi connectivity index (χ4v) is 5.92. The highest BCUT2D eigenvalue weighted by Crippen LogP contribution is 2.42. The minimum Gasteiger partial charge on any atom is -0.128 e. The Morgan fingerprint density at radius 3 is 1.18 bits per heavy atom. The first-order chi connectivity index (χ1) is 16.8. The zero-order chi connectivity index (χ0) is 23.3. The molecule has 0 radical (unpaired) electrons. The van der Waals surface area contributed by atoms with Crippen LogP contribution in [0.5, 0.6) is 0 Å². The second-order valence-corrected chi connectivity index (χ2v) is 9.80. The van der Waals surface area contributed by atoms with Crippen molar-refractivity contribution < 1.29 is 0 Å². The standard InChI is InChI=1S/C32H26S2/c1-33-31-27-19-17-26(16-14-24-11-7-4-8-12-24)22-30(27)32(34-2)28-20-18-25(21-29(28)31)15-13-23-9-5-3-6-10-23/h3-22H,1-2H3/b15-13+,16-14+. The first-order valence-electron chi connectivity index (χ1n) is 11.3. The number of hydrogen-bond acceptors (Lipinski definition) is 2. The first-order valence-corrected chi connectivity index (χ1v) is 13.8. The largest absolute Gasteiger partial charge is 0.128 e. The third kappa shape index (κ3) is 4.70. The van der Waals surface area contributed by atoms with Crippen LogP contribution in [0.25, 0.3) is 45.8 Å². The molecule has 0 aliphatic carbocycles. The maximum Gasteiger partial charge on any atom is 0.0227 e. The Morgan fingerprint density at radius 1 is 0.412 bits per heavy atom. The maximum absolute atomic E-state index is 2.34. The van der Waals surface area contributed by atoms with Crippen molar-refractivity contribution in [2.75, 3.05) is 12.5 Å². The number of benzene rings is 5. The summed E-state index contributed by atoms with van der Waals surface area (Å²) in [7, 11) is 0. The van der Waals surface area contributed by atoms with Gasteiger partial charge in [0.2, 0.25) is 0 Å². The second-order valence-electron chi connectivity index (χ2n) is 8.16. The van der Waals surface area contributed by atoms with Gasteiger partial charge in [-0.15, -0.1) is 23.5 Å². The number of fused-ring (bicyclic) bond motifs is 2. The zero-order valence-electron chi connectivity index (χ0n) is 19.4. The summed E-state index contributed by atoms with van der Waals surface area (Å²) in [5, 5.41) is 5.30. The molecule has 0 saturated heterocycles. The van der Waals surface area contributed by atoms with Crippen molar-refractivity contribution in [1.29, 1.82) is 0 Å². The van der Waals surface area contributed by atoms with Crippen molar-refractivity contribution in [2.45, 2.75) is 9.79 Å². The van der Waals surface area contributed by atoms with Gasteiger partial charge in [0.05, 0.1) is 0 Å². The average molecular weight is 475 g/mol. The Morgan fingerprint density at radius 2 is 0.794 bits per heavy atom. The Labute approximate surface area is 210 Å². The van der Waals surface area contributed by atoms with Crippen LogP contribution in [-0.4, -0.2) is 12.5 Å². The molecule has 0 aliphatic rings. The summed E-state index contributed by atoms with van der Waals surface area (Å²) in [6.07, 6.45) is 13.1. The Hall–Kier alpha value is -3.20. The van der Waals surface area contributed by atoms with E-state index in [9.17, 15) is 0 Å². The zero-order valence-corrected chi connectivity index (χ0v) is 21.0. The van der Waals surface area contributed by atoms with E-state index in [1.165, 1.54) is 53.6 Å². The van der Waals surface area contributed by atoms with E-state index in [4.69, 9.17) is 0 Å². The molecule has 0 atom stereocenters. The van der Waals surface area contributed by atoms with Crippen LogP contribution in [0.15, 0.2) is 107 Å². The third-order valence-corrected chi connectivity index (χ3v) is 7.71. The molecule has 5 aromatic carbocycles. The highest BCUT2D eigenvalue weighted by Gasteiger charge is 2.14. The van der Waals surface area contributed by atoms with Crippen LogP contribution in [0.3, 0.4) is 0 Å². The molecule has 0 bridgehead atoms. The van der Waals surface area contributed by atoms with Gasteiger partial charge in [-0.05, 0) is 68.4 Å². The van der Waals surface area contributed by atoms with Crippen LogP contribution in [-0.2, 0) is 0 Å². The molecule has 2 heteroatoms. The lowest BCUT2D eigenvalue weighted by atomic mass is 9.99. The first kappa shape index (κ1) is 22.6. The summed E-state index contributed by atoms with van der Waals surface area (Å²) in [4.78, 5) is 2.69. The smallest absolute Gasteiger partial charge is 0.0227 e. The fourth-order valence-electron chi connectivity index (χ4n) is 4.35. The van der Waals surface area contributed by atoms with Crippen LogP contribution >= 0.6 is 23.5 Å². The quantitative estimate of drug-likeness (QED) is 0.136. The van der Waals surface area contributed by atoms with E-state index in [0.29, 0.717) is 0 Å². The molecule has 5 rings (SSSR count). The number of thioether (sulfide) groups is 2. The van der Waals surface area contributed by atoms with Gasteiger partial charge >= 0.3 is 0 Å². The normalized spacial score (nSPS) is 11.8. The molecule has 0 saturated carbocycles. The van der Waals surface area contributed by atoms with Crippen molar-refractivity contribution in [2.24, 2.45) is 0 Å². The lowest BCUT2D eigenvalue weighted by molar-refractivity contribution is 1.52. The Bertz CT molecular complexity index is 1380. The molecule has 0 heterocycles. The SMILES string of the molecule is CSc1c2ccc(/C=C/c3ccccc3)cc2c(SC)c2ccc(/C=C/c3ccccc3)cc12. The lowest BCUT2D eigenvalue weighted by Gasteiger charge is -2.15. The topological polar surface area (TPSA) is 0 Å². The van der Waals surface area contributed by atoms with Crippen molar-refractivity contribution in [1.82, 2.24) is 0 Å². The van der Waals surface area contributed by atoms with E-state index in [1.807, 2.05) is 23.5 Å². The second kappa shape index (κ2) is 10.4. The molecule has 0 amide bonds. The summed E-state index contributed by atoms with van der Waals surface area (Å²) in [5.74, 6) is 0. The third-order valence-electron chi connectivity index (χ3n) is 6.01. The van der Waals surface area contributed by atoms with Gasteiger partial charge in [-0.2, -0.15) is 0 Å². The van der Waals surface area contributed by atoms with Gasteiger partial charge in [0.25, 0.3) is 0 Å². The monoisotopic (exact) mass is 474 g/mol. The molecule has 0 nitrogen and oxygen atoms in total. The van der Waals surface area contributed by atoms with E-state index in [2.05, 4.69) is 134 Å². The Kier molecular flexibility index (Phi) is 6.89. The molecule has 0 spiro atoms. The molecular weight excluding hydrogens is 448 g/mol. The van der Waals surface area contributed by atoms with Crippen molar-refractivity contribution >= 4 is 69.4 Å².